The summed E-state index contributed by atoms with van der Waals surface area (Å²) in [5.41, 5.74) is 0. The van der Waals surface area contributed by atoms with Crippen molar-refractivity contribution in [2.75, 3.05) is 6.54 Å². The number of quaternary nitrogens is 1. The molecule has 43 heavy (non-hydrogen) atoms. The number of rotatable bonds is 31. The minimum absolute atomic E-state index is 0.266. The summed E-state index contributed by atoms with van der Waals surface area (Å²) in [6, 6.07) is -3.15. The normalized spacial score (nSPS) is 15.3. The van der Waals surface area contributed by atoms with Crippen molar-refractivity contribution in [1.29, 1.82) is 0 Å². The van der Waals surface area contributed by atoms with Crippen LogP contribution >= 0.6 is 0 Å². The first kappa shape index (κ1) is 41.1. The Bertz CT molecular complexity index is 692. The van der Waals surface area contributed by atoms with E-state index in [0.29, 0.717) is 25.7 Å². The zero-order chi connectivity index (χ0) is 32.3. The van der Waals surface area contributed by atoms with Gasteiger partial charge in [0.1, 0.15) is 0 Å². The van der Waals surface area contributed by atoms with Crippen molar-refractivity contribution in [2.24, 2.45) is 0 Å². The van der Waals surface area contributed by atoms with Crippen LogP contribution in [0, 0.1) is 0 Å². The van der Waals surface area contributed by atoms with Gasteiger partial charge in [-0.05, 0) is 57.8 Å². The Morgan fingerprint density at radius 3 is 1.07 bits per heavy atom. The molecule has 0 radical (unpaired) electrons. The van der Waals surface area contributed by atoms with Crippen molar-refractivity contribution in [3.63, 3.8) is 0 Å². The van der Waals surface area contributed by atoms with Crippen LogP contribution in [0.3, 0.4) is 0 Å². The van der Waals surface area contributed by atoms with Crippen LogP contribution < -0.4 is 0 Å². The Morgan fingerprint density at radius 1 is 0.465 bits per heavy atom. The first-order chi connectivity index (χ1) is 20.7. The number of unbranched alkanes of at least 4 members (excludes halogenated alkanes) is 15. The molecule has 0 aliphatic rings. The number of carboxylic acid groups (broad SMARTS) is 3. The van der Waals surface area contributed by atoms with Crippen molar-refractivity contribution >= 4 is 17.9 Å². The van der Waals surface area contributed by atoms with Gasteiger partial charge in [0.15, 0.2) is 18.1 Å². The van der Waals surface area contributed by atoms with Crippen LogP contribution in [0.5, 0.6) is 0 Å². The highest BCUT2D eigenvalue weighted by Crippen LogP contribution is 2.34. The average Bonchev–Trinajstić information content (AvgIpc) is 2.97. The third-order valence-electron chi connectivity index (χ3n) is 9.09. The maximum absolute atomic E-state index is 12.6. The van der Waals surface area contributed by atoms with Crippen LogP contribution in [-0.4, -0.2) is 62.4 Å². The molecule has 0 aromatic carbocycles. The van der Waals surface area contributed by atoms with Gasteiger partial charge >= 0.3 is 17.9 Å². The van der Waals surface area contributed by atoms with E-state index in [2.05, 4.69) is 19.1 Å². The van der Waals surface area contributed by atoms with Gasteiger partial charge in [0.2, 0.25) is 0 Å². The number of hydrogen-bond acceptors (Lipinski definition) is 3. The zero-order valence-electron chi connectivity index (χ0n) is 28.4. The third kappa shape index (κ3) is 16.7. The molecule has 0 aromatic rings. The van der Waals surface area contributed by atoms with Gasteiger partial charge in [0.25, 0.3) is 0 Å². The highest BCUT2D eigenvalue weighted by molar-refractivity contribution is 5.78. The van der Waals surface area contributed by atoms with Crippen LogP contribution in [0.1, 0.15) is 175 Å². The minimum Gasteiger partial charge on any atom is -0.477 e. The lowest BCUT2D eigenvalue weighted by molar-refractivity contribution is -0.973. The first-order valence-corrected chi connectivity index (χ1v) is 17.9. The number of aliphatic carboxylic acids is 3. The van der Waals surface area contributed by atoms with E-state index in [1.165, 1.54) is 64.2 Å². The van der Waals surface area contributed by atoms with Gasteiger partial charge in [0, 0.05) is 19.3 Å². The van der Waals surface area contributed by atoms with Crippen molar-refractivity contribution in [3.05, 3.63) is 12.2 Å². The molecule has 0 rings (SSSR count). The van der Waals surface area contributed by atoms with Crippen LogP contribution in [0.2, 0.25) is 0 Å². The molecule has 3 unspecified atom stereocenters. The molecule has 3 atom stereocenters. The Balaban J connectivity index is 4.87. The van der Waals surface area contributed by atoms with E-state index in [1.54, 1.807) is 0 Å². The molecule has 3 N–H and O–H groups in total. The van der Waals surface area contributed by atoms with E-state index in [9.17, 15) is 29.7 Å². The highest BCUT2D eigenvalue weighted by Gasteiger charge is 2.56. The molecule has 0 saturated heterocycles. The molecule has 0 aliphatic heterocycles. The third-order valence-corrected chi connectivity index (χ3v) is 9.09. The van der Waals surface area contributed by atoms with E-state index in [4.69, 9.17) is 0 Å². The van der Waals surface area contributed by atoms with E-state index in [1.807, 2.05) is 20.8 Å². The molecule has 0 heterocycles. The van der Waals surface area contributed by atoms with Gasteiger partial charge < -0.3 is 15.3 Å². The number of allylic oxidation sites excluding steroid dienone is 2. The van der Waals surface area contributed by atoms with Crippen molar-refractivity contribution in [3.8, 4) is 0 Å². The van der Waals surface area contributed by atoms with Crippen LogP contribution in [0.4, 0.5) is 0 Å². The summed E-state index contributed by atoms with van der Waals surface area (Å²) in [5, 5.41) is 30.9. The topological polar surface area (TPSA) is 112 Å². The second-order valence-corrected chi connectivity index (χ2v) is 12.6. The number of carboxylic acids is 3. The monoisotopic (exact) mass is 611 g/mol. The molecular weight excluding hydrogens is 542 g/mol. The predicted octanol–water partition coefficient (Wildman–Crippen LogP) is 9.77. The summed E-state index contributed by atoms with van der Waals surface area (Å²) < 4.78 is -0.378. The maximum atomic E-state index is 12.6. The molecule has 0 saturated carbocycles. The molecule has 0 fully saturated rings. The van der Waals surface area contributed by atoms with Gasteiger partial charge in [-0.3, -0.25) is 4.48 Å². The van der Waals surface area contributed by atoms with Gasteiger partial charge in [-0.15, -0.1) is 0 Å². The molecule has 7 heteroatoms. The van der Waals surface area contributed by atoms with Crippen molar-refractivity contribution in [2.45, 2.75) is 193 Å². The summed E-state index contributed by atoms with van der Waals surface area (Å²) in [6.07, 6.45) is 27.5. The Hall–Kier alpha value is -1.89. The average molecular weight is 611 g/mol. The molecular formula is C36H68NO6+. The second kappa shape index (κ2) is 26.5. The quantitative estimate of drug-likeness (QED) is 0.0409. The summed E-state index contributed by atoms with van der Waals surface area (Å²) in [4.78, 5) is 37.8. The highest BCUT2D eigenvalue weighted by atomic mass is 16.4. The SMILES string of the molecule is CCCCCCCCCCCC/C=C/CCCCCCC[N+](C(CCC)C(=O)O)(C(CCC)C(=O)O)C(CCC)C(=O)O. The Kier molecular flexibility index (Phi) is 25.3. The number of nitrogens with zero attached hydrogens (tertiary/aromatic N) is 1. The van der Waals surface area contributed by atoms with E-state index in [-0.39, 0.29) is 30.3 Å². The largest absolute Gasteiger partial charge is 0.477 e. The Morgan fingerprint density at radius 2 is 0.767 bits per heavy atom. The predicted molar refractivity (Wildman–Crippen MR) is 177 cm³/mol. The minimum atomic E-state index is -1.09. The van der Waals surface area contributed by atoms with Crippen molar-refractivity contribution in [1.82, 2.24) is 0 Å². The summed E-state index contributed by atoms with van der Waals surface area (Å²) in [6.45, 7) is 8.16. The number of hydrogen-bond donors (Lipinski definition) is 3. The van der Waals surface area contributed by atoms with Crippen LogP contribution in [0.25, 0.3) is 0 Å². The Labute approximate surface area is 264 Å². The molecule has 0 aromatic heterocycles. The smallest absolute Gasteiger partial charge is 0.362 e. The lowest BCUT2D eigenvalue weighted by Crippen LogP contribution is -2.72. The summed E-state index contributed by atoms with van der Waals surface area (Å²) >= 11 is 0. The van der Waals surface area contributed by atoms with E-state index < -0.39 is 36.0 Å². The fourth-order valence-electron chi connectivity index (χ4n) is 6.81. The van der Waals surface area contributed by atoms with Gasteiger partial charge in [-0.2, -0.15) is 0 Å². The van der Waals surface area contributed by atoms with Gasteiger partial charge in [-0.1, -0.05) is 110 Å². The summed E-state index contributed by atoms with van der Waals surface area (Å²) in [7, 11) is 0. The maximum Gasteiger partial charge on any atom is 0.362 e. The molecule has 252 valence electrons. The van der Waals surface area contributed by atoms with E-state index >= 15 is 0 Å². The standard InChI is InChI=1S/C36H67NO6/c1-5-9-10-11-12-13-14-15-16-17-18-19-20-21-22-23-24-25-26-30-37(31(27-6-2)34(38)39,32(28-7-3)35(40)41)33(29-8-4)36(42)43/h19-20,31-33H,5-18,21-30H2,1-4H3,(H2-,38,39,40,41,42,43)/p+1/b20-19+. The van der Waals surface area contributed by atoms with E-state index in [0.717, 1.165) is 38.5 Å². The lowest BCUT2D eigenvalue weighted by Gasteiger charge is -2.50. The molecule has 0 aliphatic carbocycles. The van der Waals surface area contributed by atoms with Crippen LogP contribution in [-0.2, 0) is 14.4 Å². The molecule has 0 bridgehead atoms. The fourth-order valence-corrected chi connectivity index (χ4v) is 6.81. The van der Waals surface area contributed by atoms with Crippen LogP contribution in [0.15, 0.2) is 12.2 Å². The second-order valence-electron chi connectivity index (χ2n) is 12.6. The summed E-state index contributed by atoms with van der Waals surface area (Å²) in [5.74, 6) is -3.26. The lowest BCUT2D eigenvalue weighted by atomic mass is 9.91. The number of carbonyl (C=O) groups is 3. The fraction of sp³-hybridized carbons (Fsp3) is 0.861. The first-order valence-electron chi connectivity index (χ1n) is 17.9. The zero-order valence-corrected chi connectivity index (χ0v) is 28.4. The molecule has 0 amide bonds. The molecule has 0 spiro atoms. The van der Waals surface area contributed by atoms with Gasteiger partial charge in [0.05, 0.1) is 6.54 Å². The van der Waals surface area contributed by atoms with Gasteiger partial charge in [-0.25, -0.2) is 14.4 Å². The molecule has 7 nitrogen and oxygen atoms in total. The van der Waals surface area contributed by atoms with Crippen molar-refractivity contribution < 1.29 is 34.2 Å².